The number of aliphatic carboxylic acids is 1. The fourth-order valence-electron chi connectivity index (χ4n) is 1.46. The first kappa shape index (κ1) is 17.5. The lowest BCUT2D eigenvalue weighted by molar-refractivity contribution is -0.140. The summed E-state index contributed by atoms with van der Waals surface area (Å²) in [6, 6.07) is 6.29. The first-order valence-electron chi connectivity index (χ1n) is 6.08. The highest BCUT2D eigenvalue weighted by Gasteiger charge is 2.15. The quantitative estimate of drug-likeness (QED) is 0.451. The molecule has 0 fully saturated rings. The van der Waals surface area contributed by atoms with E-state index in [0.717, 1.165) is 4.47 Å². The number of nitrogens with one attached hydrogen (secondary N) is 2. The van der Waals surface area contributed by atoms with E-state index in [0.29, 0.717) is 17.9 Å². The molecular formula is C13H15BrN2O4S. The maximum Gasteiger partial charge on any atom is 0.326 e. The standard InChI is InChI=1S/C13H15BrN2O4S/c14-9-1-3-10(4-2-9)16-12(18)7-21-6-5-11(13(19)20)15-8-17/h1-4,8,11H,5-7H2,(H,15,17)(H,16,18)(H,19,20). The van der Waals surface area contributed by atoms with Crippen molar-refractivity contribution >= 4 is 51.7 Å². The number of hydrogen-bond acceptors (Lipinski definition) is 4. The third-order valence-electron chi connectivity index (χ3n) is 2.48. The average molecular weight is 375 g/mol. The largest absolute Gasteiger partial charge is 0.480 e. The number of carbonyl (C=O) groups is 3. The molecule has 0 saturated heterocycles. The van der Waals surface area contributed by atoms with E-state index in [1.807, 2.05) is 12.1 Å². The van der Waals surface area contributed by atoms with E-state index in [2.05, 4.69) is 26.6 Å². The number of carboxylic acids is 1. The third-order valence-corrected chi connectivity index (χ3v) is 4.00. The van der Waals surface area contributed by atoms with Gasteiger partial charge in [-0.1, -0.05) is 15.9 Å². The van der Waals surface area contributed by atoms with Crippen LogP contribution in [0, 0.1) is 0 Å². The van der Waals surface area contributed by atoms with Crippen LogP contribution in [0.5, 0.6) is 0 Å². The second-order valence-electron chi connectivity index (χ2n) is 4.07. The molecule has 2 amide bonds. The lowest BCUT2D eigenvalue weighted by atomic mass is 10.2. The third kappa shape index (κ3) is 7.14. The van der Waals surface area contributed by atoms with Crippen LogP contribution in [0.15, 0.2) is 28.7 Å². The minimum Gasteiger partial charge on any atom is -0.480 e. The molecule has 21 heavy (non-hydrogen) atoms. The summed E-state index contributed by atoms with van der Waals surface area (Å²) in [7, 11) is 0. The fourth-order valence-corrected chi connectivity index (χ4v) is 2.53. The van der Waals surface area contributed by atoms with Crippen molar-refractivity contribution in [3.63, 3.8) is 0 Å². The van der Waals surface area contributed by atoms with Gasteiger partial charge in [-0.15, -0.1) is 0 Å². The Morgan fingerprint density at radius 2 is 2.00 bits per heavy atom. The van der Waals surface area contributed by atoms with Crippen molar-refractivity contribution in [3.05, 3.63) is 28.7 Å². The lowest BCUT2D eigenvalue weighted by Gasteiger charge is -2.10. The van der Waals surface area contributed by atoms with Crippen LogP contribution < -0.4 is 10.6 Å². The zero-order chi connectivity index (χ0) is 15.7. The molecule has 114 valence electrons. The Balaban J connectivity index is 2.25. The molecule has 0 saturated carbocycles. The van der Waals surface area contributed by atoms with Crippen molar-refractivity contribution in [2.24, 2.45) is 0 Å². The maximum absolute atomic E-state index is 11.7. The fraction of sp³-hybridized carbons (Fsp3) is 0.308. The molecule has 0 radical (unpaired) electrons. The van der Waals surface area contributed by atoms with E-state index in [4.69, 9.17) is 5.11 Å². The van der Waals surface area contributed by atoms with Crippen LogP contribution in [-0.4, -0.2) is 40.9 Å². The molecule has 1 atom stereocenters. The summed E-state index contributed by atoms with van der Waals surface area (Å²) in [6.45, 7) is 0. The maximum atomic E-state index is 11.7. The van der Waals surface area contributed by atoms with Crippen LogP contribution in [0.2, 0.25) is 0 Å². The highest BCUT2D eigenvalue weighted by molar-refractivity contribution is 9.10. The van der Waals surface area contributed by atoms with Crippen molar-refractivity contribution < 1.29 is 19.5 Å². The van der Waals surface area contributed by atoms with Crippen LogP contribution >= 0.6 is 27.7 Å². The summed E-state index contributed by atoms with van der Waals surface area (Å²) in [6.07, 6.45) is 0.633. The number of carboxylic acid groups (broad SMARTS) is 1. The van der Waals surface area contributed by atoms with E-state index in [1.54, 1.807) is 12.1 Å². The Labute approximate surface area is 134 Å². The topological polar surface area (TPSA) is 95.5 Å². The number of amides is 2. The smallest absolute Gasteiger partial charge is 0.326 e. The van der Waals surface area contributed by atoms with Gasteiger partial charge in [0.15, 0.2) is 0 Å². The van der Waals surface area contributed by atoms with Crippen LogP contribution in [-0.2, 0) is 14.4 Å². The van der Waals surface area contributed by atoms with Gasteiger partial charge in [-0.3, -0.25) is 9.59 Å². The molecule has 6 nitrogen and oxygen atoms in total. The van der Waals surface area contributed by atoms with Gasteiger partial charge in [-0.05, 0) is 36.4 Å². The van der Waals surface area contributed by atoms with E-state index in [1.165, 1.54) is 11.8 Å². The second kappa shape index (κ2) is 9.41. The minimum absolute atomic E-state index is 0.155. The number of thioether (sulfide) groups is 1. The number of carbonyl (C=O) groups excluding carboxylic acids is 2. The van der Waals surface area contributed by atoms with E-state index < -0.39 is 12.0 Å². The zero-order valence-electron chi connectivity index (χ0n) is 11.0. The number of hydrogen-bond donors (Lipinski definition) is 3. The van der Waals surface area contributed by atoms with Crippen molar-refractivity contribution in [2.75, 3.05) is 16.8 Å². The van der Waals surface area contributed by atoms with Crippen molar-refractivity contribution in [1.82, 2.24) is 5.32 Å². The molecule has 8 heteroatoms. The molecule has 0 aliphatic carbocycles. The molecular weight excluding hydrogens is 360 g/mol. The van der Waals surface area contributed by atoms with Crippen LogP contribution in [0.3, 0.4) is 0 Å². The summed E-state index contributed by atoms with van der Waals surface area (Å²) in [5.41, 5.74) is 0.704. The van der Waals surface area contributed by atoms with E-state index >= 15 is 0 Å². The van der Waals surface area contributed by atoms with Crippen molar-refractivity contribution in [2.45, 2.75) is 12.5 Å². The lowest BCUT2D eigenvalue weighted by Crippen LogP contribution is -2.36. The van der Waals surface area contributed by atoms with E-state index in [-0.39, 0.29) is 18.1 Å². The van der Waals surface area contributed by atoms with Gasteiger partial charge in [-0.2, -0.15) is 11.8 Å². The first-order valence-corrected chi connectivity index (χ1v) is 8.03. The number of rotatable bonds is 9. The SMILES string of the molecule is O=CNC(CCSCC(=O)Nc1ccc(Br)cc1)C(=O)O. The molecule has 1 rings (SSSR count). The Kier molecular flexibility index (Phi) is 7.84. The average Bonchev–Trinajstić information content (AvgIpc) is 2.44. The summed E-state index contributed by atoms with van der Waals surface area (Å²) in [4.78, 5) is 32.7. The number of halogens is 1. The molecule has 1 unspecified atom stereocenters. The molecule has 0 bridgehead atoms. The zero-order valence-corrected chi connectivity index (χ0v) is 13.4. The first-order chi connectivity index (χ1) is 10.0. The van der Waals surface area contributed by atoms with Gasteiger partial charge in [0, 0.05) is 10.2 Å². The van der Waals surface area contributed by atoms with Crippen LogP contribution in [0.25, 0.3) is 0 Å². The molecule has 3 N–H and O–H groups in total. The highest BCUT2D eigenvalue weighted by Crippen LogP contribution is 2.14. The summed E-state index contributed by atoms with van der Waals surface area (Å²) in [5.74, 6) is -0.547. The highest BCUT2D eigenvalue weighted by atomic mass is 79.9. The van der Waals surface area contributed by atoms with Gasteiger partial charge in [0.2, 0.25) is 12.3 Å². The number of benzene rings is 1. The molecule has 0 spiro atoms. The van der Waals surface area contributed by atoms with Gasteiger partial charge in [-0.25, -0.2) is 4.79 Å². The van der Waals surface area contributed by atoms with Gasteiger partial charge in [0.1, 0.15) is 6.04 Å². The molecule has 1 aromatic rings. The summed E-state index contributed by atoms with van der Waals surface area (Å²) >= 11 is 4.62. The predicted molar refractivity (Wildman–Crippen MR) is 85.3 cm³/mol. The van der Waals surface area contributed by atoms with Gasteiger partial charge < -0.3 is 15.7 Å². The summed E-state index contributed by atoms with van der Waals surface area (Å²) < 4.78 is 0.928. The molecule has 0 heterocycles. The van der Waals surface area contributed by atoms with Gasteiger partial charge in [0.25, 0.3) is 0 Å². The second-order valence-corrected chi connectivity index (χ2v) is 6.09. The Morgan fingerprint density at radius 3 is 2.57 bits per heavy atom. The molecule has 1 aromatic carbocycles. The van der Waals surface area contributed by atoms with Crippen LogP contribution in [0.4, 0.5) is 5.69 Å². The molecule has 0 aliphatic heterocycles. The molecule has 0 aliphatic rings. The van der Waals surface area contributed by atoms with Crippen LogP contribution in [0.1, 0.15) is 6.42 Å². The number of anilines is 1. The predicted octanol–water partition coefficient (Wildman–Crippen LogP) is 1.71. The van der Waals surface area contributed by atoms with Gasteiger partial charge >= 0.3 is 5.97 Å². The molecule has 0 aromatic heterocycles. The Bertz CT molecular complexity index is 495. The van der Waals surface area contributed by atoms with Gasteiger partial charge in [0.05, 0.1) is 5.75 Å². The minimum atomic E-state index is -1.08. The Morgan fingerprint density at radius 1 is 1.33 bits per heavy atom. The van der Waals surface area contributed by atoms with Crippen molar-refractivity contribution in [3.8, 4) is 0 Å². The Hall–Kier alpha value is -1.54. The summed E-state index contributed by atoms with van der Waals surface area (Å²) in [5, 5.41) is 13.8. The van der Waals surface area contributed by atoms with E-state index in [9.17, 15) is 14.4 Å². The van der Waals surface area contributed by atoms with Crippen molar-refractivity contribution in [1.29, 1.82) is 0 Å². The normalized spacial score (nSPS) is 11.5. The monoisotopic (exact) mass is 374 g/mol.